The van der Waals surface area contributed by atoms with E-state index in [1.165, 1.54) is 33.1 Å². The van der Waals surface area contributed by atoms with E-state index in [2.05, 4.69) is 0 Å². The number of carbonyl (C=O) groups excluding carboxylic acids is 3. The minimum atomic E-state index is -1.65. The quantitative estimate of drug-likeness (QED) is 0.0699. The van der Waals surface area contributed by atoms with Gasteiger partial charge in [0.25, 0.3) is 0 Å². The fourth-order valence-corrected chi connectivity index (χ4v) is 9.01. The summed E-state index contributed by atoms with van der Waals surface area (Å²) in [5.41, 5.74) is 0.243. The van der Waals surface area contributed by atoms with E-state index in [-0.39, 0.29) is 29.8 Å². The molecule has 71 heavy (non-hydrogen) atoms. The summed E-state index contributed by atoms with van der Waals surface area (Å²) >= 11 is 12.3. The maximum Gasteiger partial charge on any atom is 0.374 e. The lowest BCUT2D eigenvalue weighted by Gasteiger charge is -2.47. The second-order valence-corrected chi connectivity index (χ2v) is 19.8. The second kappa shape index (κ2) is 25.7. The summed E-state index contributed by atoms with van der Waals surface area (Å²) < 4.78 is 47.5. The molecule has 0 aromatic heterocycles. The number of methoxy groups -OCH3 is 1. The maximum absolute atomic E-state index is 14.0. The highest BCUT2D eigenvalue weighted by molar-refractivity contribution is 6.39. The van der Waals surface area contributed by atoms with Gasteiger partial charge in [-0.15, -0.1) is 0 Å². The highest BCUT2D eigenvalue weighted by atomic mass is 35.5. The molecule has 1 aromatic carbocycles. The molecule has 0 radical (unpaired) electrons. The van der Waals surface area contributed by atoms with Crippen molar-refractivity contribution >= 4 is 41.1 Å². The zero-order valence-electron chi connectivity index (χ0n) is 42.3. The zero-order valence-corrected chi connectivity index (χ0v) is 43.8. The molecule has 0 unspecified atom stereocenters. The van der Waals surface area contributed by atoms with Crippen LogP contribution in [-0.4, -0.2) is 146 Å². The smallest absolute Gasteiger partial charge is 0.374 e. The van der Waals surface area contributed by atoms with Gasteiger partial charge in [-0.3, -0.25) is 4.79 Å². The Hall–Kier alpha value is -4.05. The predicted molar refractivity (Wildman–Crippen MR) is 260 cm³/mol. The summed E-state index contributed by atoms with van der Waals surface area (Å²) in [6, 6.07) is 0. The molecule has 398 valence electrons. The number of hydrogen-bond acceptors (Lipinski definition) is 18. The number of halogens is 2. The van der Waals surface area contributed by atoms with Crippen molar-refractivity contribution < 1.29 is 88.0 Å². The van der Waals surface area contributed by atoms with Gasteiger partial charge in [-0.1, -0.05) is 86.9 Å². The van der Waals surface area contributed by atoms with E-state index in [9.17, 15) is 50.1 Å². The van der Waals surface area contributed by atoms with Crippen molar-refractivity contribution in [3.63, 3.8) is 0 Å². The summed E-state index contributed by atoms with van der Waals surface area (Å²) in [7, 11) is 1.23. The van der Waals surface area contributed by atoms with Crippen LogP contribution >= 0.6 is 23.2 Å². The zero-order chi connectivity index (χ0) is 53.4. The van der Waals surface area contributed by atoms with E-state index < -0.39 is 143 Å². The van der Waals surface area contributed by atoms with Crippen LogP contribution in [0.15, 0.2) is 58.9 Å². The Morgan fingerprint density at radius 2 is 1.56 bits per heavy atom. The number of esters is 3. The topological polar surface area (TPSA) is 267 Å². The Kier molecular flexibility index (Phi) is 21.6. The van der Waals surface area contributed by atoms with Gasteiger partial charge >= 0.3 is 17.9 Å². The Morgan fingerprint density at radius 1 is 0.901 bits per heavy atom. The Morgan fingerprint density at radius 3 is 2.15 bits per heavy atom. The van der Waals surface area contributed by atoms with Crippen molar-refractivity contribution in [2.75, 3.05) is 7.11 Å². The van der Waals surface area contributed by atoms with Crippen molar-refractivity contribution in [3.8, 4) is 11.5 Å². The molecule has 2 saturated heterocycles. The number of hydrogen-bond donors (Lipinski definition) is 7. The number of phenolic OH excluding ortho intramolecular Hbond substituents is 2. The summed E-state index contributed by atoms with van der Waals surface area (Å²) in [6.45, 7) is 18.4. The molecule has 0 bridgehead atoms. The van der Waals surface area contributed by atoms with Crippen molar-refractivity contribution in [3.05, 3.63) is 80.1 Å². The van der Waals surface area contributed by atoms with E-state index >= 15 is 0 Å². The fourth-order valence-electron chi connectivity index (χ4n) is 8.45. The third-order valence-electron chi connectivity index (χ3n) is 12.7. The highest BCUT2D eigenvalue weighted by Crippen LogP contribution is 2.45. The van der Waals surface area contributed by atoms with Gasteiger partial charge in [0.2, 0.25) is 12.0 Å². The number of aliphatic hydroxyl groups excluding tert-OH is 5. The van der Waals surface area contributed by atoms with Gasteiger partial charge in [0, 0.05) is 19.4 Å². The number of aliphatic hydroxyl groups is 5. The molecule has 0 saturated carbocycles. The number of benzene rings is 1. The normalized spacial score (nSPS) is 34.4. The monoisotopic (exact) mass is 1040 g/mol. The summed E-state index contributed by atoms with van der Waals surface area (Å²) in [6.07, 6.45) is -6.65. The third-order valence-corrected chi connectivity index (χ3v) is 13.5. The van der Waals surface area contributed by atoms with E-state index in [1.54, 1.807) is 60.6 Å². The lowest BCUT2D eigenvalue weighted by atomic mass is 9.88. The molecule has 4 rings (SSSR count). The molecule has 3 aliphatic heterocycles. The second-order valence-electron chi connectivity index (χ2n) is 19.0. The Bertz CT molecular complexity index is 2200. The van der Waals surface area contributed by atoms with E-state index in [0.29, 0.717) is 23.1 Å². The largest absolute Gasteiger partial charge is 0.505 e. The molecular weight excluding hydrogens is 971 g/mol. The average molecular weight is 1040 g/mol. The van der Waals surface area contributed by atoms with Gasteiger partial charge in [-0.05, 0) is 90.5 Å². The number of phenols is 2. The number of carbonyl (C=O) groups is 3. The van der Waals surface area contributed by atoms with Crippen LogP contribution in [0.4, 0.5) is 0 Å². The minimum Gasteiger partial charge on any atom is -0.505 e. The first-order chi connectivity index (χ1) is 33.2. The average Bonchev–Trinajstić information content (AvgIpc) is 3.30. The van der Waals surface area contributed by atoms with Crippen LogP contribution in [0.25, 0.3) is 0 Å². The van der Waals surface area contributed by atoms with Crippen molar-refractivity contribution in [1.82, 2.24) is 0 Å². The number of ether oxygens (including phenoxy) is 8. The van der Waals surface area contributed by atoms with Gasteiger partial charge in [0.05, 0.1) is 35.4 Å². The molecule has 7 N–H and O–H groups in total. The van der Waals surface area contributed by atoms with Gasteiger partial charge < -0.3 is 73.6 Å². The summed E-state index contributed by atoms with van der Waals surface area (Å²) in [5.74, 6) is -5.48. The van der Waals surface area contributed by atoms with E-state index in [0.717, 1.165) is 0 Å². The lowest BCUT2D eigenvalue weighted by Crippen LogP contribution is -2.64. The lowest BCUT2D eigenvalue weighted by molar-refractivity contribution is -0.333. The first kappa shape index (κ1) is 59.5. The molecule has 0 amide bonds. The van der Waals surface area contributed by atoms with Crippen LogP contribution < -0.4 is 0 Å². The van der Waals surface area contributed by atoms with Crippen LogP contribution in [0.3, 0.4) is 0 Å². The molecule has 3 heterocycles. The molecule has 3 aliphatic rings. The number of cyclic esters (lactones) is 1. The van der Waals surface area contributed by atoms with Crippen molar-refractivity contribution in [2.45, 2.75) is 187 Å². The van der Waals surface area contributed by atoms with Gasteiger partial charge in [-0.25, -0.2) is 9.59 Å². The molecule has 2 fully saturated rings. The van der Waals surface area contributed by atoms with Gasteiger partial charge in [0.15, 0.2) is 30.0 Å². The number of aromatic hydroxyl groups is 2. The SMILES string of the molecule is CCc1c(Cl)c(O)c(Cl)c(O)c1C(=O)O[C@@H]1[C@@H](O)[C@@H](OC)[C@@H](O/C2=C/C=C/C[C@@H](O)C(C)=C[C@H](CC)[C@@H](O[C@@H]3OC(C)(C)[C@@H](OC(=O)C(C)C)[C@H](O)[C@@H]3O)/C(C)=C/C(C)=C/C[C@@H]([C@@H](C)O)OC2=O)O[C@H]1C. The third kappa shape index (κ3) is 14.4. The number of allylic oxidation sites excluding steroid dienone is 4. The predicted octanol–water partition coefficient (Wildman–Crippen LogP) is 6.19. The number of rotatable bonds is 12. The Labute approximate surface area is 425 Å². The molecule has 18 nitrogen and oxygen atoms in total. The first-order valence-electron chi connectivity index (χ1n) is 23.7. The Balaban J connectivity index is 1.65. The van der Waals surface area contributed by atoms with Crippen LogP contribution in [0.2, 0.25) is 10.0 Å². The van der Waals surface area contributed by atoms with Crippen LogP contribution in [-0.2, 0) is 53.9 Å². The van der Waals surface area contributed by atoms with Crippen LogP contribution in [0.5, 0.6) is 11.5 Å². The minimum absolute atomic E-state index is 0.0214. The maximum atomic E-state index is 14.0. The molecule has 20 heteroatoms. The highest BCUT2D eigenvalue weighted by Gasteiger charge is 2.53. The van der Waals surface area contributed by atoms with E-state index in [4.69, 9.17) is 61.1 Å². The molecule has 0 aliphatic carbocycles. The van der Waals surface area contributed by atoms with Crippen molar-refractivity contribution in [2.24, 2.45) is 11.8 Å². The first-order valence-corrected chi connectivity index (χ1v) is 24.5. The van der Waals surface area contributed by atoms with E-state index in [1.807, 2.05) is 26.0 Å². The molecule has 0 spiro atoms. The molecule has 1 aromatic rings. The fraction of sp³-hybridized carbons (Fsp3) is 0.627. The van der Waals surface area contributed by atoms with Crippen molar-refractivity contribution in [1.29, 1.82) is 0 Å². The summed E-state index contributed by atoms with van der Waals surface area (Å²) in [5, 5.41) is 76.6. The van der Waals surface area contributed by atoms with Gasteiger partial charge in [-0.2, -0.15) is 0 Å². The van der Waals surface area contributed by atoms with Crippen LogP contribution in [0.1, 0.15) is 111 Å². The molecular formula is C51H72Cl2O18. The van der Waals surface area contributed by atoms with Gasteiger partial charge in [0.1, 0.15) is 46.7 Å². The standard InChI is InChI=1S/C51H72Cl2O18/c1-13-29-22-25(6)31(55)17-15-16-18-33(67-50-44(64-12)41(60)43(28(9)65-50)68-48(63)34-30(14-2)35(52)38(57)36(53)37(34)56)47(62)66-32(27(8)54)20-19-24(5)21-26(7)42(29)69-49-40(59)39(58)45(51(10,11)71-49)70-46(61)23(3)4/h15-16,18-19,21-23,27-29,31-32,39-45,49-50,54-60H,13-14,17,20H2,1-12H3/b16-15+,24-19+,25-22?,26-21+,33-18+/t27-,28+,29+,31-,32+,39-,40+,41-,42+,43+,44-,45+,49-,50-/m1/s1. The molecule has 14 atom stereocenters. The summed E-state index contributed by atoms with van der Waals surface area (Å²) in [4.78, 5) is 40.1. The van der Waals surface area contributed by atoms with Crippen LogP contribution in [0, 0.1) is 11.8 Å².